The van der Waals surface area contributed by atoms with Crippen LogP contribution < -0.4 is 16.2 Å². The molecule has 112 valence electrons. The van der Waals surface area contributed by atoms with Crippen LogP contribution in [-0.4, -0.2) is 34.6 Å². The second kappa shape index (κ2) is 5.57. The van der Waals surface area contributed by atoms with Crippen molar-refractivity contribution in [3.05, 3.63) is 27.1 Å². The van der Waals surface area contributed by atoms with E-state index in [-0.39, 0.29) is 11.5 Å². The van der Waals surface area contributed by atoms with Crippen molar-refractivity contribution in [2.24, 2.45) is 7.05 Å². The summed E-state index contributed by atoms with van der Waals surface area (Å²) in [5.41, 5.74) is 0.617. The zero-order valence-electron chi connectivity index (χ0n) is 12.1. The molecule has 0 bridgehead atoms. The molecule has 3 heterocycles. The molecule has 0 spiro atoms. The minimum absolute atomic E-state index is 0.106. The molecular weight excluding hydrogens is 288 g/mol. The fourth-order valence-corrected chi connectivity index (χ4v) is 3.71. The van der Waals surface area contributed by atoms with Gasteiger partial charge in [-0.15, -0.1) is 11.3 Å². The van der Waals surface area contributed by atoms with E-state index in [1.165, 1.54) is 22.2 Å². The Kier molecular flexibility index (Phi) is 3.77. The minimum Gasteiger partial charge on any atom is -0.350 e. The van der Waals surface area contributed by atoms with E-state index in [1.807, 2.05) is 6.92 Å². The van der Waals surface area contributed by atoms with Crippen molar-refractivity contribution in [3.8, 4) is 0 Å². The van der Waals surface area contributed by atoms with Gasteiger partial charge in [-0.25, -0.2) is 4.98 Å². The SMILES string of the molecule is Cc1c(C(=O)NC[C@H]2CCCN2)sc2ncn(C)c(=O)c12. The summed E-state index contributed by atoms with van der Waals surface area (Å²) < 4.78 is 1.44. The zero-order chi connectivity index (χ0) is 15.0. The summed E-state index contributed by atoms with van der Waals surface area (Å²) in [6.45, 7) is 3.45. The van der Waals surface area contributed by atoms with Gasteiger partial charge in [-0.1, -0.05) is 0 Å². The Morgan fingerprint density at radius 1 is 1.62 bits per heavy atom. The van der Waals surface area contributed by atoms with E-state index >= 15 is 0 Å². The second-order valence-corrected chi connectivity index (χ2v) is 6.40. The largest absolute Gasteiger partial charge is 0.350 e. The van der Waals surface area contributed by atoms with E-state index in [0.29, 0.717) is 27.7 Å². The van der Waals surface area contributed by atoms with E-state index in [0.717, 1.165) is 24.9 Å². The standard InChI is InChI=1S/C14H18N4O2S/c1-8-10-13(17-7-18(2)14(10)20)21-11(8)12(19)16-6-9-4-3-5-15-9/h7,9,15H,3-6H2,1-2H3,(H,16,19)/t9-/m1/s1. The van der Waals surface area contributed by atoms with Gasteiger partial charge in [0.15, 0.2) is 0 Å². The number of aromatic nitrogens is 2. The molecular formula is C14H18N4O2S. The summed E-state index contributed by atoms with van der Waals surface area (Å²) in [7, 11) is 1.66. The molecule has 1 aliphatic rings. The van der Waals surface area contributed by atoms with Gasteiger partial charge in [0, 0.05) is 19.6 Å². The highest BCUT2D eigenvalue weighted by Gasteiger charge is 2.20. The molecule has 1 fully saturated rings. The minimum atomic E-state index is -0.119. The monoisotopic (exact) mass is 306 g/mol. The van der Waals surface area contributed by atoms with Gasteiger partial charge < -0.3 is 15.2 Å². The summed E-state index contributed by atoms with van der Waals surface area (Å²) in [5, 5.41) is 6.84. The molecule has 6 nitrogen and oxygen atoms in total. The van der Waals surface area contributed by atoms with Gasteiger partial charge in [0.2, 0.25) is 0 Å². The van der Waals surface area contributed by atoms with Crippen molar-refractivity contribution in [1.82, 2.24) is 20.2 Å². The fourth-order valence-electron chi connectivity index (χ4n) is 2.65. The number of carbonyl (C=O) groups is 1. The van der Waals surface area contributed by atoms with Gasteiger partial charge in [-0.3, -0.25) is 9.59 Å². The molecule has 2 aromatic heterocycles. The average Bonchev–Trinajstić information content (AvgIpc) is 3.09. The van der Waals surface area contributed by atoms with Gasteiger partial charge in [0.25, 0.3) is 11.5 Å². The first-order valence-corrected chi connectivity index (χ1v) is 7.86. The number of nitrogens with zero attached hydrogens (tertiary/aromatic N) is 2. The maximum absolute atomic E-state index is 12.3. The Balaban J connectivity index is 1.86. The van der Waals surface area contributed by atoms with Crippen LogP contribution in [0.25, 0.3) is 10.2 Å². The number of hydrogen-bond acceptors (Lipinski definition) is 5. The van der Waals surface area contributed by atoms with E-state index in [1.54, 1.807) is 7.05 Å². The number of thiophene rings is 1. The summed E-state index contributed by atoms with van der Waals surface area (Å²) in [5.74, 6) is -0.119. The number of hydrogen-bond donors (Lipinski definition) is 2. The van der Waals surface area contributed by atoms with Crippen LogP contribution in [0.1, 0.15) is 28.1 Å². The van der Waals surface area contributed by atoms with Gasteiger partial charge in [-0.2, -0.15) is 0 Å². The molecule has 1 atom stereocenters. The third-order valence-electron chi connectivity index (χ3n) is 3.89. The topological polar surface area (TPSA) is 76.0 Å². The fraction of sp³-hybridized carbons (Fsp3) is 0.500. The van der Waals surface area contributed by atoms with Crippen molar-refractivity contribution in [2.75, 3.05) is 13.1 Å². The highest BCUT2D eigenvalue weighted by atomic mass is 32.1. The molecule has 0 radical (unpaired) electrons. The number of fused-ring (bicyclic) bond motifs is 1. The molecule has 0 aromatic carbocycles. The molecule has 2 aromatic rings. The molecule has 1 aliphatic heterocycles. The van der Waals surface area contributed by atoms with Crippen molar-refractivity contribution in [2.45, 2.75) is 25.8 Å². The maximum Gasteiger partial charge on any atom is 0.262 e. The predicted molar refractivity (Wildman–Crippen MR) is 83.0 cm³/mol. The Hall–Kier alpha value is -1.73. The van der Waals surface area contributed by atoms with E-state index < -0.39 is 0 Å². The number of carbonyl (C=O) groups excluding carboxylic acids is 1. The first kappa shape index (κ1) is 14.2. The number of aryl methyl sites for hydroxylation is 2. The lowest BCUT2D eigenvalue weighted by Gasteiger charge is -2.10. The second-order valence-electron chi connectivity index (χ2n) is 5.40. The molecule has 21 heavy (non-hydrogen) atoms. The zero-order valence-corrected chi connectivity index (χ0v) is 12.9. The molecule has 1 saturated heterocycles. The van der Waals surface area contributed by atoms with Crippen LogP contribution in [0.4, 0.5) is 0 Å². The van der Waals surface area contributed by atoms with Crippen LogP contribution in [-0.2, 0) is 7.05 Å². The molecule has 7 heteroatoms. The summed E-state index contributed by atoms with van der Waals surface area (Å²) >= 11 is 1.28. The lowest BCUT2D eigenvalue weighted by atomic mass is 10.2. The molecule has 3 rings (SSSR count). The maximum atomic E-state index is 12.3. The van der Waals surface area contributed by atoms with Crippen molar-refractivity contribution in [3.63, 3.8) is 0 Å². The number of amides is 1. The Morgan fingerprint density at radius 3 is 3.14 bits per heavy atom. The molecule has 1 amide bonds. The Bertz CT molecular complexity index is 743. The van der Waals surface area contributed by atoms with E-state index in [2.05, 4.69) is 15.6 Å². The third-order valence-corrected chi connectivity index (χ3v) is 5.09. The van der Waals surface area contributed by atoms with Crippen LogP contribution in [0.5, 0.6) is 0 Å². The number of rotatable bonds is 3. The molecule has 0 saturated carbocycles. The molecule has 0 unspecified atom stereocenters. The lowest BCUT2D eigenvalue weighted by Crippen LogP contribution is -2.37. The predicted octanol–water partition coefficient (Wildman–Crippen LogP) is 0.785. The van der Waals surface area contributed by atoms with Crippen LogP contribution in [0.2, 0.25) is 0 Å². The summed E-state index contributed by atoms with van der Waals surface area (Å²) in [6.07, 6.45) is 3.74. The number of nitrogens with one attached hydrogen (secondary N) is 2. The van der Waals surface area contributed by atoms with Gasteiger partial charge >= 0.3 is 0 Å². The smallest absolute Gasteiger partial charge is 0.262 e. The van der Waals surface area contributed by atoms with Gasteiger partial charge in [-0.05, 0) is 31.9 Å². The van der Waals surface area contributed by atoms with Crippen molar-refractivity contribution >= 4 is 27.5 Å². The van der Waals surface area contributed by atoms with Gasteiger partial charge in [0.1, 0.15) is 4.83 Å². The Labute approximate surface area is 126 Å². The average molecular weight is 306 g/mol. The molecule has 2 N–H and O–H groups in total. The molecule has 0 aliphatic carbocycles. The first-order chi connectivity index (χ1) is 10.1. The highest BCUT2D eigenvalue weighted by molar-refractivity contribution is 7.20. The van der Waals surface area contributed by atoms with Crippen molar-refractivity contribution in [1.29, 1.82) is 0 Å². The van der Waals surface area contributed by atoms with Crippen LogP contribution >= 0.6 is 11.3 Å². The quantitative estimate of drug-likeness (QED) is 0.879. The van der Waals surface area contributed by atoms with Crippen LogP contribution in [0, 0.1) is 6.92 Å². The van der Waals surface area contributed by atoms with Crippen LogP contribution in [0.15, 0.2) is 11.1 Å². The van der Waals surface area contributed by atoms with Crippen molar-refractivity contribution < 1.29 is 4.79 Å². The first-order valence-electron chi connectivity index (χ1n) is 7.04. The van der Waals surface area contributed by atoms with E-state index in [4.69, 9.17) is 0 Å². The normalized spacial score (nSPS) is 18.3. The highest BCUT2D eigenvalue weighted by Crippen LogP contribution is 2.26. The lowest BCUT2D eigenvalue weighted by molar-refractivity contribution is 0.0954. The summed E-state index contributed by atoms with van der Waals surface area (Å²) in [6, 6.07) is 0.356. The third kappa shape index (κ3) is 2.58. The van der Waals surface area contributed by atoms with E-state index in [9.17, 15) is 9.59 Å². The Morgan fingerprint density at radius 2 is 2.43 bits per heavy atom. The summed E-state index contributed by atoms with van der Waals surface area (Å²) in [4.78, 5) is 29.9. The van der Waals surface area contributed by atoms with Gasteiger partial charge in [0.05, 0.1) is 16.6 Å². The van der Waals surface area contributed by atoms with Crippen LogP contribution in [0.3, 0.4) is 0 Å².